The van der Waals surface area contributed by atoms with Crippen LogP contribution in [0.4, 0.5) is 0 Å². The molecule has 2 aliphatic rings. The first-order valence-electron chi connectivity index (χ1n) is 6.88. The molecule has 0 bridgehead atoms. The van der Waals surface area contributed by atoms with Crippen LogP contribution < -0.4 is 5.73 Å². The number of nitrogens with zero attached hydrogens (tertiary/aromatic N) is 2. The first-order valence-corrected chi connectivity index (χ1v) is 8.73. The van der Waals surface area contributed by atoms with E-state index in [9.17, 15) is 8.42 Å². The smallest absolute Gasteiger partial charge is 0.211 e. The second-order valence-corrected chi connectivity index (χ2v) is 7.73. The fourth-order valence-corrected chi connectivity index (χ4v) is 3.81. The first kappa shape index (κ1) is 14.2. The molecule has 2 N–H and O–H groups in total. The second kappa shape index (κ2) is 5.86. The summed E-state index contributed by atoms with van der Waals surface area (Å²) < 4.78 is 24.4. The highest BCUT2D eigenvalue weighted by Gasteiger charge is 2.26. The molecular formula is C12H25N3O2S. The van der Waals surface area contributed by atoms with Crippen molar-refractivity contribution in [1.82, 2.24) is 9.21 Å². The molecular weight excluding hydrogens is 250 g/mol. The third-order valence-electron chi connectivity index (χ3n) is 4.21. The molecule has 2 fully saturated rings. The van der Waals surface area contributed by atoms with Crippen LogP contribution in [0.25, 0.3) is 0 Å². The Labute approximate surface area is 110 Å². The van der Waals surface area contributed by atoms with Crippen LogP contribution in [0.1, 0.15) is 25.7 Å². The number of hydrogen-bond acceptors (Lipinski definition) is 4. The molecule has 0 radical (unpaired) electrons. The van der Waals surface area contributed by atoms with Gasteiger partial charge < -0.3 is 10.6 Å². The van der Waals surface area contributed by atoms with Crippen LogP contribution in [0, 0.1) is 5.92 Å². The van der Waals surface area contributed by atoms with Gasteiger partial charge in [0.1, 0.15) is 0 Å². The van der Waals surface area contributed by atoms with Gasteiger partial charge in [-0.3, -0.25) is 0 Å². The van der Waals surface area contributed by atoms with E-state index in [1.54, 1.807) is 4.31 Å². The summed E-state index contributed by atoms with van der Waals surface area (Å²) in [7, 11) is -3.00. The average Bonchev–Trinajstić information content (AvgIpc) is 2.32. The third kappa shape index (κ3) is 3.91. The third-order valence-corrected chi connectivity index (χ3v) is 5.51. The van der Waals surface area contributed by atoms with Crippen LogP contribution in [-0.4, -0.2) is 62.6 Å². The van der Waals surface area contributed by atoms with E-state index >= 15 is 0 Å². The highest BCUT2D eigenvalue weighted by Crippen LogP contribution is 2.24. The van der Waals surface area contributed by atoms with Gasteiger partial charge in [-0.15, -0.1) is 0 Å². The van der Waals surface area contributed by atoms with Gasteiger partial charge in [0.15, 0.2) is 0 Å². The van der Waals surface area contributed by atoms with Crippen molar-refractivity contribution in [2.24, 2.45) is 11.7 Å². The Bertz CT molecular complexity index is 356. The predicted octanol–water partition coefficient (Wildman–Crippen LogP) is 0.0811. The molecule has 0 aromatic carbocycles. The molecule has 0 unspecified atom stereocenters. The lowest BCUT2D eigenvalue weighted by molar-refractivity contribution is 0.147. The van der Waals surface area contributed by atoms with Gasteiger partial charge >= 0.3 is 0 Å². The minimum Gasteiger partial charge on any atom is -0.328 e. The van der Waals surface area contributed by atoms with E-state index in [0.717, 1.165) is 38.4 Å². The van der Waals surface area contributed by atoms with E-state index in [4.69, 9.17) is 5.73 Å². The molecule has 1 saturated carbocycles. The molecule has 106 valence electrons. The van der Waals surface area contributed by atoms with Crippen molar-refractivity contribution in [3.05, 3.63) is 0 Å². The van der Waals surface area contributed by atoms with Gasteiger partial charge in [0, 0.05) is 38.8 Å². The zero-order valence-electron chi connectivity index (χ0n) is 11.2. The van der Waals surface area contributed by atoms with Crippen LogP contribution in [0.5, 0.6) is 0 Å². The molecule has 0 aromatic rings. The Hall–Kier alpha value is -0.170. The average molecular weight is 275 g/mol. The van der Waals surface area contributed by atoms with Crippen molar-refractivity contribution in [2.45, 2.75) is 31.7 Å². The lowest BCUT2D eigenvalue weighted by atomic mass is 9.86. The zero-order chi connectivity index (χ0) is 13.2. The molecule has 1 heterocycles. The molecule has 6 heteroatoms. The quantitative estimate of drug-likeness (QED) is 0.792. The zero-order valence-corrected chi connectivity index (χ0v) is 12.0. The van der Waals surface area contributed by atoms with Crippen molar-refractivity contribution in [2.75, 3.05) is 39.0 Å². The van der Waals surface area contributed by atoms with Crippen LogP contribution in [0.3, 0.4) is 0 Å². The van der Waals surface area contributed by atoms with Crippen molar-refractivity contribution in [1.29, 1.82) is 0 Å². The summed E-state index contributed by atoms with van der Waals surface area (Å²) >= 11 is 0. The molecule has 18 heavy (non-hydrogen) atoms. The predicted molar refractivity (Wildman–Crippen MR) is 72.8 cm³/mol. The minimum absolute atomic E-state index is 0.406. The molecule has 0 aromatic heterocycles. The SMILES string of the molecule is CS(=O)(=O)N1CCN(CC2CCC(N)CC2)CC1. The van der Waals surface area contributed by atoms with Crippen LogP contribution in [-0.2, 0) is 10.0 Å². The van der Waals surface area contributed by atoms with Gasteiger partial charge in [0.25, 0.3) is 0 Å². The van der Waals surface area contributed by atoms with E-state index in [2.05, 4.69) is 4.90 Å². The maximum Gasteiger partial charge on any atom is 0.211 e. The Morgan fingerprint density at radius 3 is 2.11 bits per heavy atom. The van der Waals surface area contributed by atoms with Crippen molar-refractivity contribution < 1.29 is 8.42 Å². The molecule has 0 atom stereocenters. The normalized spacial score (nSPS) is 32.6. The summed E-state index contributed by atoms with van der Waals surface area (Å²) in [6.07, 6.45) is 6.05. The molecule has 1 aliphatic carbocycles. The second-order valence-electron chi connectivity index (χ2n) is 5.74. The minimum atomic E-state index is -3.00. The van der Waals surface area contributed by atoms with Crippen LogP contribution in [0.15, 0.2) is 0 Å². The largest absolute Gasteiger partial charge is 0.328 e. The van der Waals surface area contributed by atoms with Gasteiger partial charge in [0.05, 0.1) is 6.26 Å². The van der Waals surface area contributed by atoms with Gasteiger partial charge in [-0.05, 0) is 31.6 Å². The highest BCUT2D eigenvalue weighted by atomic mass is 32.2. The number of piperazine rings is 1. The summed E-state index contributed by atoms with van der Waals surface area (Å²) in [5.74, 6) is 0.759. The van der Waals surface area contributed by atoms with Crippen LogP contribution >= 0.6 is 0 Å². The summed E-state index contributed by atoms with van der Waals surface area (Å²) in [5, 5.41) is 0. The van der Waals surface area contributed by atoms with Gasteiger partial charge in [-0.25, -0.2) is 8.42 Å². The standard InChI is InChI=1S/C12H25N3O2S/c1-18(16,17)15-8-6-14(7-9-15)10-11-2-4-12(13)5-3-11/h11-12H,2-10,13H2,1H3. The Morgan fingerprint density at radius 2 is 1.61 bits per heavy atom. The van der Waals surface area contributed by atoms with E-state index in [1.165, 1.54) is 19.1 Å². The van der Waals surface area contributed by atoms with Crippen LogP contribution in [0.2, 0.25) is 0 Å². The van der Waals surface area contributed by atoms with Gasteiger partial charge in [0.2, 0.25) is 10.0 Å². The van der Waals surface area contributed by atoms with E-state index in [1.807, 2.05) is 0 Å². The van der Waals surface area contributed by atoms with E-state index < -0.39 is 10.0 Å². The lowest BCUT2D eigenvalue weighted by Gasteiger charge is -2.36. The molecule has 2 rings (SSSR count). The number of rotatable bonds is 3. The van der Waals surface area contributed by atoms with E-state index in [0.29, 0.717) is 19.1 Å². The summed E-state index contributed by atoms with van der Waals surface area (Å²) in [6.45, 7) is 4.14. The monoisotopic (exact) mass is 275 g/mol. The Kier molecular flexibility index (Phi) is 4.64. The summed E-state index contributed by atoms with van der Waals surface area (Å²) in [4.78, 5) is 2.41. The summed E-state index contributed by atoms with van der Waals surface area (Å²) in [6, 6.07) is 0.406. The Morgan fingerprint density at radius 1 is 1.06 bits per heavy atom. The topological polar surface area (TPSA) is 66.6 Å². The lowest BCUT2D eigenvalue weighted by Crippen LogP contribution is -2.49. The molecule has 5 nitrogen and oxygen atoms in total. The molecule has 1 aliphatic heterocycles. The molecule has 0 amide bonds. The number of sulfonamides is 1. The molecule has 1 saturated heterocycles. The number of hydrogen-bond donors (Lipinski definition) is 1. The van der Waals surface area contributed by atoms with E-state index in [-0.39, 0.29) is 0 Å². The van der Waals surface area contributed by atoms with Gasteiger partial charge in [-0.2, -0.15) is 4.31 Å². The molecule has 0 spiro atoms. The first-order chi connectivity index (χ1) is 8.45. The van der Waals surface area contributed by atoms with Crippen molar-refractivity contribution in [3.8, 4) is 0 Å². The Balaban J connectivity index is 1.74. The van der Waals surface area contributed by atoms with Crippen molar-refractivity contribution in [3.63, 3.8) is 0 Å². The van der Waals surface area contributed by atoms with Crippen molar-refractivity contribution >= 4 is 10.0 Å². The van der Waals surface area contributed by atoms with Gasteiger partial charge in [-0.1, -0.05) is 0 Å². The fourth-order valence-electron chi connectivity index (χ4n) is 2.98. The summed E-state index contributed by atoms with van der Waals surface area (Å²) in [5.41, 5.74) is 5.91. The fraction of sp³-hybridized carbons (Fsp3) is 1.00. The maximum absolute atomic E-state index is 11.4. The highest BCUT2D eigenvalue weighted by molar-refractivity contribution is 7.88. The maximum atomic E-state index is 11.4. The number of nitrogens with two attached hydrogens (primary N) is 1.